The summed E-state index contributed by atoms with van der Waals surface area (Å²) in [7, 11) is 1.87. The Bertz CT molecular complexity index is 408. The first-order valence-corrected chi connectivity index (χ1v) is 4.24. The highest BCUT2D eigenvalue weighted by atomic mass is 35.5. The van der Waals surface area contributed by atoms with Crippen LogP contribution in [-0.4, -0.2) is 14.5 Å². The summed E-state index contributed by atoms with van der Waals surface area (Å²) < 4.78 is 1.82. The highest BCUT2D eigenvalue weighted by molar-refractivity contribution is 6.28. The quantitative estimate of drug-likeness (QED) is 0.695. The molecular weight excluding hydrogens is 186 g/mol. The van der Waals surface area contributed by atoms with Crippen LogP contribution in [-0.2, 0) is 7.05 Å². The monoisotopic (exact) mass is 193 g/mol. The molecule has 2 rings (SSSR count). The molecule has 4 heteroatoms. The second-order valence-corrected chi connectivity index (χ2v) is 3.05. The van der Waals surface area contributed by atoms with Gasteiger partial charge in [-0.15, -0.1) is 0 Å². The molecule has 0 aliphatic rings. The van der Waals surface area contributed by atoms with Crippen molar-refractivity contribution < 1.29 is 0 Å². The van der Waals surface area contributed by atoms with Crippen molar-refractivity contribution in [3.05, 3.63) is 36.0 Å². The second kappa shape index (κ2) is 3.18. The van der Waals surface area contributed by atoms with E-state index in [2.05, 4.69) is 9.97 Å². The van der Waals surface area contributed by atoms with Gasteiger partial charge in [-0.05, 0) is 23.7 Å². The normalized spacial score (nSPS) is 10.3. The standard InChI is InChI=1S/C9H8ClN3/c1-13-8(6-12-9(13)10)7-3-2-4-11-5-7/h2-6H,1H3. The van der Waals surface area contributed by atoms with Crippen LogP contribution in [0, 0.1) is 0 Å². The van der Waals surface area contributed by atoms with Gasteiger partial charge in [0.15, 0.2) is 0 Å². The summed E-state index contributed by atoms with van der Waals surface area (Å²) >= 11 is 5.81. The van der Waals surface area contributed by atoms with Gasteiger partial charge in [-0.1, -0.05) is 0 Å². The molecule has 0 spiro atoms. The molecule has 0 saturated heterocycles. The van der Waals surface area contributed by atoms with Gasteiger partial charge in [0, 0.05) is 25.0 Å². The molecule has 0 saturated carbocycles. The number of hydrogen-bond acceptors (Lipinski definition) is 2. The molecule has 0 unspecified atom stereocenters. The first kappa shape index (κ1) is 8.26. The number of hydrogen-bond donors (Lipinski definition) is 0. The lowest BCUT2D eigenvalue weighted by molar-refractivity contribution is 0.921. The number of aromatic nitrogens is 3. The van der Waals surface area contributed by atoms with Crippen LogP contribution in [0.3, 0.4) is 0 Å². The number of imidazole rings is 1. The van der Waals surface area contributed by atoms with E-state index < -0.39 is 0 Å². The lowest BCUT2D eigenvalue weighted by atomic mass is 10.2. The molecule has 3 nitrogen and oxygen atoms in total. The zero-order valence-corrected chi connectivity index (χ0v) is 7.86. The van der Waals surface area contributed by atoms with E-state index in [1.807, 2.05) is 23.7 Å². The third-order valence-corrected chi connectivity index (χ3v) is 2.24. The van der Waals surface area contributed by atoms with E-state index in [0.29, 0.717) is 5.28 Å². The Morgan fingerprint density at radius 3 is 2.77 bits per heavy atom. The number of rotatable bonds is 1. The maximum atomic E-state index is 5.81. The fourth-order valence-corrected chi connectivity index (χ4v) is 1.31. The van der Waals surface area contributed by atoms with Crippen LogP contribution in [0.15, 0.2) is 30.7 Å². The largest absolute Gasteiger partial charge is 0.318 e. The van der Waals surface area contributed by atoms with Crippen molar-refractivity contribution in [3.8, 4) is 11.3 Å². The molecule has 2 aromatic heterocycles. The smallest absolute Gasteiger partial charge is 0.202 e. The van der Waals surface area contributed by atoms with Crippen molar-refractivity contribution in [1.29, 1.82) is 0 Å². The Labute approximate surface area is 81.0 Å². The van der Waals surface area contributed by atoms with Crippen LogP contribution < -0.4 is 0 Å². The van der Waals surface area contributed by atoms with E-state index in [1.54, 1.807) is 18.6 Å². The van der Waals surface area contributed by atoms with Crippen molar-refractivity contribution in [2.75, 3.05) is 0 Å². The van der Waals surface area contributed by atoms with Crippen molar-refractivity contribution in [2.45, 2.75) is 0 Å². The number of nitrogens with zero attached hydrogens (tertiary/aromatic N) is 3. The van der Waals surface area contributed by atoms with Crippen LogP contribution in [0.2, 0.25) is 5.28 Å². The van der Waals surface area contributed by atoms with Crippen molar-refractivity contribution >= 4 is 11.6 Å². The molecule has 0 atom stereocenters. The molecule has 2 heterocycles. The Morgan fingerprint density at radius 2 is 2.23 bits per heavy atom. The van der Waals surface area contributed by atoms with Gasteiger partial charge in [-0.2, -0.15) is 0 Å². The highest BCUT2D eigenvalue weighted by Crippen LogP contribution is 2.20. The first-order chi connectivity index (χ1) is 6.29. The van der Waals surface area contributed by atoms with Gasteiger partial charge >= 0.3 is 0 Å². The molecule has 0 amide bonds. The summed E-state index contributed by atoms with van der Waals surface area (Å²) in [6.45, 7) is 0. The minimum Gasteiger partial charge on any atom is -0.318 e. The maximum Gasteiger partial charge on any atom is 0.202 e. The summed E-state index contributed by atoms with van der Waals surface area (Å²) in [4.78, 5) is 8.02. The van der Waals surface area contributed by atoms with Gasteiger partial charge in [0.25, 0.3) is 0 Å². The van der Waals surface area contributed by atoms with E-state index in [9.17, 15) is 0 Å². The van der Waals surface area contributed by atoms with Gasteiger partial charge in [0.05, 0.1) is 11.9 Å². The average Bonchev–Trinajstić information content (AvgIpc) is 2.49. The third kappa shape index (κ3) is 1.42. The minimum absolute atomic E-state index is 0.485. The van der Waals surface area contributed by atoms with Crippen molar-refractivity contribution in [1.82, 2.24) is 14.5 Å². The van der Waals surface area contributed by atoms with Gasteiger partial charge in [0.2, 0.25) is 5.28 Å². The third-order valence-electron chi connectivity index (χ3n) is 1.89. The van der Waals surface area contributed by atoms with E-state index in [-0.39, 0.29) is 0 Å². The predicted octanol–water partition coefficient (Wildman–Crippen LogP) is 2.14. The summed E-state index contributed by atoms with van der Waals surface area (Å²) in [6, 6.07) is 3.86. The zero-order chi connectivity index (χ0) is 9.26. The lowest BCUT2D eigenvalue weighted by Crippen LogP contribution is -1.91. The fraction of sp³-hybridized carbons (Fsp3) is 0.111. The van der Waals surface area contributed by atoms with Gasteiger partial charge in [-0.3, -0.25) is 4.98 Å². The summed E-state index contributed by atoms with van der Waals surface area (Å²) in [5.41, 5.74) is 1.99. The van der Waals surface area contributed by atoms with E-state index in [0.717, 1.165) is 11.3 Å². The molecule has 0 aromatic carbocycles. The lowest BCUT2D eigenvalue weighted by Gasteiger charge is -2.00. The molecule has 0 radical (unpaired) electrons. The number of halogens is 1. The van der Waals surface area contributed by atoms with Crippen LogP contribution in [0.1, 0.15) is 0 Å². The molecule has 0 aliphatic heterocycles. The molecule has 2 aromatic rings. The fourth-order valence-electron chi connectivity index (χ4n) is 1.17. The predicted molar refractivity (Wildman–Crippen MR) is 51.4 cm³/mol. The Hall–Kier alpha value is -1.35. The van der Waals surface area contributed by atoms with Crippen molar-refractivity contribution in [3.63, 3.8) is 0 Å². The van der Waals surface area contributed by atoms with Gasteiger partial charge in [-0.25, -0.2) is 4.98 Å². The first-order valence-electron chi connectivity index (χ1n) is 3.86. The van der Waals surface area contributed by atoms with Crippen LogP contribution in [0.4, 0.5) is 0 Å². The SMILES string of the molecule is Cn1c(-c2cccnc2)cnc1Cl. The Morgan fingerprint density at radius 1 is 1.38 bits per heavy atom. The average molecular weight is 194 g/mol. The van der Waals surface area contributed by atoms with Gasteiger partial charge < -0.3 is 4.57 Å². The summed E-state index contributed by atoms with van der Waals surface area (Å²) in [5.74, 6) is 0. The minimum atomic E-state index is 0.485. The van der Waals surface area contributed by atoms with E-state index in [4.69, 9.17) is 11.6 Å². The number of pyridine rings is 1. The summed E-state index contributed by atoms with van der Waals surface area (Å²) in [5, 5.41) is 0.485. The highest BCUT2D eigenvalue weighted by Gasteiger charge is 2.05. The van der Waals surface area contributed by atoms with E-state index in [1.165, 1.54) is 0 Å². The zero-order valence-electron chi connectivity index (χ0n) is 7.11. The maximum absolute atomic E-state index is 5.81. The Kier molecular flexibility index (Phi) is 2.02. The molecule has 0 aliphatic carbocycles. The second-order valence-electron chi connectivity index (χ2n) is 2.71. The molecule has 0 bridgehead atoms. The topological polar surface area (TPSA) is 30.7 Å². The van der Waals surface area contributed by atoms with Crippen LogP contribution >= 0.6 is 11.6 Å². The summed E-state index contributed by atoms with van der Waals surface area (Å²) in [6.07, 6.45) is 5.26. The Balaban J connectivity index is 2.53. The van der Waals surface area contributed by atoms with Gasteiger partial charge in [0.1, 0.15) is 0 Å². The van der Waals surface area contributed by atoms with Crippen LogP contribution in [0.5, 0.6) is 0 Å². The molecular formula is C9H8ClN3. The molecule has 66 valence electrons. The van der Waals surface area contributed by atoms with Crippen molar-refractivity contribution in [2.24, 2.45) is 7.05 Å². The molecule has 0 N–H and O–H groups in total. The molecule has 13 heavy (non-hydrogen) atoms. The molecule has 0 fully saturated rings. The van der Waals surface area contributed by atoms with E-state index >= 15 is 0 Å². The van der Waals surface area contributed by atoms with Crippen LogP contribution in [0.25, 0.3) is 11.3 Å².